The Hall–Kier alpha value is -2.19. The standard InChI is InChI=1S/C18H18N2/c1-14(15-6-3-2-4-7-15)20-13-17-9-5-8-16-12-19-11-10-18(16)17/h2-12,14,20H,13H2,1H3/t14-/m1/s1. The van der Waals surface area contributed by atoms with Crippen molar-refractivity contribution in [1.82, 2.24) is 10.3 Å². The summed E-state index contributed by atoms with van der Waals surface area (Å²) in [4.78, 5) is 4.18. The summed E-state index contributed by atoms with van der Waals surface area (Å²) >= 11 is 0. The second-order valence-electron chi connectivity index (χ2n) is 5.03. The topological polar surface area (TPSA) is 24.9 Å². The zero-order valence-corrected chi connectivity index (χ0v) is 11.6. The van der Waals surface area contributed by atoms with Crippen LogP contribution in [-0.4, -0.2) is 4.98 Å². The molecule has 1 atom stereocenters. The number of rotatable bonds is 4. The smallest absolute Gasteiger partial charge is 0.0346 e. The van der Waals surface area contributed by atoms with E-state index >= 15 is 0 Å². The molecule has 0 saturated heterocycles. The lowest BCUT2D eigenvalue weighted by Crippen LogP contribution is -2.18. The van der Waals surface area contributed by atoms with Gasteiger partial charge in [0.15, 0.2) is 0 Å². The van der Waals surface area contributed by atoms with Gasteiger partial charge in [0.2, 0.25) is 0 Å². The van der Waals surface area contributed by atoms with Crippen LogP contribution < -0.4 is 5.32 Å². The van der Waals surface area contributed by atoms with E-state index in [1.807, 2.05) is 18.5 Å². The van der Waals surface area contributed by atoms with Gasteiger partial charge in [0.1, 0.15) is 0 Å². The molecule has 0 aliphatic rings. The molecule has 0 saturated carbocycles. The van der Waals surface area contributed by atoms with E-state index in [1.54, 1.807) is 0 Å². The quantitative estimate of drug-likeness (QED) is 0.766. The lowest BCUT2D eigenvalue weighted by Gasteiger charge is -2.15. The minimum atomic E-state index is 0.341. The molecule has 20 heavy (non-hydrogen) atoms. The van der Waals surface area contributed by atoms with Crippen LogP contribution in [0, 0.1) is 0 Å². The highest BCUT2D eigenvalue weighted by molar-refractivity contribution is 5.84. The molecule has 0 aliphatic heterocycles. The number of nitrogens with one attached hydrogen (secondary N) is 1. The molecular weight excluding hydrogens is 244 g/mol. The first kappa shape index (κ1) is 12.8. The van der Waals surface area contributed by atoms with Crippen molar-refractivity contribution in [3.8, 4) is 0 Å². The summed E-state index contributed by atoms with van der Waals surface area (Å²) in [5.41, 5.74) is 2.63. The van der Waals surface area contributed by atoms with Crippen LogP contribution in [0.3, 0.4) is 0 Å². The van der Waals surface area contributed by atoms with Gasteiger partial charge in [-0.05, 0) is 29.5 Å². The van der Waals surface area contributed by atoms with Gasteiger partial charge >= 0.3 is 0 Å². The Morgan fingerprint density at radius 1 is 1.00 bits per heavy atom. The van der Waals surface area contributed by atoms with E-state index in [1.165, 1.54) is 21.9 Å². The van der Waals surface area contributed by atoms with Crippen molar-refractivity contribution in [3.63, 3.8) is 0 Å². The van der Waals surface area contributed by atoms with Crippen LogP contribution in [0.15, 0.2) is 67.0 Å². The van der Waals surface area contributed by atoms with E-state index in [2.05, 4.69) is 65.8 Å². The second kappa shape index (κ2) is 5.85. The van der Waals surface area contributed by atoms with Gasteiger partial charge in [-0.25, -0.2) is 0 Å². The summed E-state index contributed by atoms with van der Waals surface area (Å²) in [6, 6.07) is 19.3. The first-order valence-electron chi connectivity index (χ1n) is 6.94. The predicted molar refractivity (Wildman–Crippen MR) is 83.4 cm³/mol. The van der Waals surface area contributed by atoms with Crippen molar-refractivity contribution in [3.05, 3.63) is 78.1 Å². The maximum atomic E-state index is 4.18. The van der Waals surface area contributed by atoms with E-state index in [0.717, 1.165) is 6.54 Å². The summed E-state index contributed by atoms with van der Waals surface area (Å²) in [5.74, 6) is 0. The number of hydrogen-bond donors (Lipinski definition) is 1. The molecular formula is C18H18N2. The van der Waals surface area contributed by atoms with Gasteiger partial charge in [0.05, 0.1) is 0 Å². The first-order valence-corrected chi connectivity index (χ1v) is 6.94. The molecule has 1 N–H and O–H groups in total. The predicted octanol–water partition coefficient (Wildman–Crippen LogP) is 4.09. The summed E-state index contributed by atoms with van der Waals surface area (Å²) in [7, 11) is 0. The Labute approximate surface area is 119 Å². The third-order valence-corrected chi connectivity index (χ3v) is 3.67. The minimum absolute atomic E-state index is 0.341. The van der Waals surface area contributed by atoms with Crippen molar-refractivity contribution in [2.75, 3.05) is 0 Å². The minimum Gasteiger partial charge on any atom is -0.306 e. The number of benzene rings is 2. The fraction of sp³-hybridized carbons (Fsp3) is 0.167. The van der Waals surface area contributed by atoms with E-state index in [-0.39, 0.29) is 0 Å². The Balaban J connectivity index is 1.77. The van der Waals surface area contributed by atoms with Crippen LogP contribution in [0.2, 0.25) is 0 Å². The molecule has 0 aliphatic carbocycles. The molecule has 2 heteroatoms. The Morgan fingerprint density at radius 3 is 2.70 bits per heavy atom. The molecule has 0 amide bonds. The highest BCUT2D eigenvalue weighted by Crippen LogP contribution is 2.19. The number of pyridine rings is 1. The second-order valence-corrected chi connectivity index (χ2v) is 5.03. The molecule has 0 spiro atoms. The Bertz CT molecular complexity index is 687. The van der Waals surface area contributed by atoms with Crippen LogP contribution in [0.1, 0.15) is 24.1 Å². The molecule has 0 unspecified atom stereocenters. The van der Waals surface area contributed by atoms with Crippen molar-refractivity contribution >= 4 is 10.8 Å². The summed E-state index contributed by atoms with van der Waals surface area (Å²) in [6.45, 7) is 3.05. The molecule has 100 valence electrons. The van der Waals surface area contributed by atoms with Gasteiger partial charge in [-0.2, -0.15) is 0 Å². The van der Waals surface area contributed by atoms with Crippen LogP contribution in [0.5, 0.6) is 0 Å². The molecule has 0 bridgehead atoms. The lowest BCUT2D eigenvalue weighted by molar-refractivity contribution is 0.576. The van der Waals surface area contributed by atoms with Crippen LogP contribution in [0.25, 0.3) is 10.8 Å². The normalized spacial score (nSPS) is 12.4. The molecule has 2 aromatic carbocycles. The largest absolute Gasteiger partial charge is 0.306 e. The molecule has 2 nitrogen and oxygen atoms in total. The van der Waals surface area contributed by atoms with Crippen LogP contribution in [0.4, 0.5) is 0 Å². The lowest BCUT2D eigenvalue weighted by atomic mass is 10.1. The molecule has 1 aromatic heterocycles. The summed E-state index contributed by atoms with van der Waals surface area (Å²) in [6.07, 6.45) is 3.77. The van der Waals surface area contributed by atoms with Crippen LogP contribution in [-0.2, 0) is 6.54 Å². The zero-order chi connectivity index (χ0) is 13.8. The van der Waals surface area contributed by atoms with Gasteiger partial charge in [-0.1, -0.05) is 48.5 Å². The number of hydrogen-bond acceptors (Lipinski definition) is 2. The van der Waals surface area contributed by atoms with Crippen molar-refractivity contribution in [1.29, 1.82) is 0 Å². The van der Waals surface area contributed by atoms with Crippen molar-refractivity contribution in [2.45, 2.75) is 19.5 Å². The zero-order valence-electron chi connectivity index (χ0n) is 11.6. The molecule has 3 aromatic rings. The van der Waals surface area contributed by atoms with E-state index in [9.17, 15) is 0 Å². The maximum absolute atomic E-state index is 4.18. The third kappa shape index (κ3) is 2.70. The van der Waals surface area contributed by atoms with Gasteiger partial charge in [0.25, 0.3) is 0 Å². The van der Waals surface area contributed by atoms with Gasteiger partial charge in [0, 0.05) is 30.4 Å². The summed E-state index contributed by atoms with van der Waals surface area (Å²) < 4.78 is 0. The summed E-state index contributed by atoms with van der Waals surface area (Å²) in [5, 5.41) is 6.05. The van der Waals surface area contributed by atoms with Gasteiger partial charge < -0.3 is 5.32 Å². The van der Waals surface area contributed by atoms with E-state index in [0.29, 0.717) is 6.04 Å². The fourth-order valence-electron chi connectivity index (χ4n) is 2.47. The molecule has 3 rings (SSSR count). The number of nitrogens with zero attached hydrogens (tertiary/aromatic N) is 1. The molecule has 1 heterocycles. The SMILES string of the molecule is C[C@@H](NCc1cccc2cnccc12)c1ccccc1. The molecule has 0 fully saturated rings. The van der Waals surface area contributed by atoms with E-state index < -0.39 is 0 Å². The fourth-order valence-corrected chi connectivity index (χ4v) is 2.47. The average Bonchev–Trinajstić information content (AvgIpc) is 2.53. The highest BCUT2D eigenvalue weighted by atomic mass is 14.9. The monoisotopic (exact) mass is 262 g/mol. The maximum Gasteiger partial charge on any atom is 0.0346 e. The average molecular weight is 262 g/mol. The van der Waals surface area contributed by atoms with Gasteiger partial charge in [-0.15, -0.1) is 0 Å². The van der Waals surface area contributed by atoms with Crippen molar-refractivity contribution < 1.29 is 0 Å². The van der Waals surface area contributed by atoms with E-state index in [4.69, 9.17) is 0 Å². The van der Waals surface area contributed by atoms with Crippen molar-refractivity contribution in [2.24, 2.45) is 0 Å². The Kier molecular flexibility index (Phi) is 3.75. The number of fused-ring (bicyclic) bond motifs is 1. The molecule has 0 radical (unpaired) electrons. The number of aromatic nitrogens is 1. The third-order valence-electron chi connectivity index (χ3n) is 3.67. The van der Waals surface area contributed by atoms with Gasteiger partial charge in [-0.3, -0.25) is 4.98 Å². The highest BCUT2D eigenvalue weighted by Gasteiger charge is 2.05. The first-order chi connectivity index (χ1) is 9.84. The Morgan fingerprint density at radius 2 is 1.85 bits per heavy atom. The van der Waals surface area contributed by atoms with Crippen LogP contribution >= 0.6 is 0 Å².